The molecule has 4 rings (SSSR count). The zero-order valence-corrected chi connectivity index (χ0v) is 14.7. The average molecular weight is 339 g/mol. The lowest BCUT2D eigenvalue weighted by Crippen LogP contribution is -2.33. The van der Waals surface area contributed by atoms with E-state index < -0.39 is 0 Å². The third-order valence-electron chi connectivity index (χ3n) is 5.44. The van der Waals surface area contributed by atoms with Gasteiger partial charge in [0, 0.05) is 30.3 Å². The van der Waals surface area contributed by atoms with Crippen molar-refractivity contribution in [3.05, 3.63) is 57.3 Å². The third-order valence-corrected chi connectivity index (χ3v) is 6.50. The van der Waals surface area contributed by atoms with E-state index in [9.17, 15) is 9.59 Å². The van der Waals surface area contributed by atoms with Crippen LogP contribution in [0.5, 0.6) is 0 Å². The molecule has 124 valence electrons. The van der Waals surface area contributed by atoms with Crippen molar-refractivity contribution in [2.45, 2.75) is 38.0 Å². The molecule has 1 atom stereocenters. The van der Waals surface area contributed by atoms with Crippen molar-refractivity contribution in [1.29, 1.82) is 0 Å². The summed E-state index contributed by atoms with van der Waals surface area (Å²) in [5, 5.41) is 1.90. The lowest BCUT2D eigenvalue weighted by Gasteiger charge is -2.25. The van der Waals surface area contributed by atoms with Crippen LogP contribution in [-0.2, 0) is 11.8 Å². The number of fused-ring (bicyclic) bond motifs is 1. The summed E-state index contributed by atoms with van der Waals surface area (Å²) in [5.74, 6) is 0.303. The first-order chi connectivity index (χ1) is 11.6. The zero-order valence-electron chi connectivity index (χ0n) is 13.9. The Kier molecular flexibility index (Phi) is 3.80. The van der Waals surface area contributed by atoms with Gasteiger partial charge < -0.3 is 4.90 Å². The molecule has 1 amide bonds. The highest BCUT2D eigenvalue weighted by molar-refractivity contribution is 7.12. The van der Waals surface area contributed by atoms with Crippen LogP contribution in [0.15, 0.2) is 35.7 Å². The second-order valence-electron chi connectivity index (χ2n) is 7.14. The number of hydrogen-bond donors (Lipinski definition) is 0. The van der Waals surface area contributed by atoms with E-state index in [0.29, 0.717) is 6.42 Å². The fourth-order valence-corrected chi connectivity index (χ4v) is 5.03. The largest absolute Gasteiger partial charge is 0.338 e. The number of ketones is 1. The number of rotatable bonds is 2. The fraction of sp³-hybridized carbons (Fsp3) is 0.400. The van der Waals surface area contributed by atoms with Gasteiger partial charge in [0.2, 0.25) is 0 Å². The molecule has 3 nitrogen and oxygen atoms in total. The molecule has 2 heterocycles. The van der Waals surface area contributed by atoms with E-state index in [1.54, 1.807) is 0 Å². The zero-order chi connectivity index (χ0) is 16.7. The molecule has 0 saturated carbocycles. The summed E-state index contributed by atoms with van der Waals surface area (Å²) in [6, 6.07) is 10.5. The molecule has 1 aliphatic carbocycles. The van der Waals surface area contributed by atoms with Crippen molar-refractivity contribution in [1.82, 2.24) is 4.90 Å². The molecule has 1 aliphatic heterocycles. The molecule has 1 unspecified atom stereocenters. The first-order valence-electron chi connectivity index (χ1n) is 8.57. The minimum absolute atomic E-state index is 0.0167. The Hall–Kier alpha value is -1.94. The van der Waals surface area contributed by atoms with E-state index in [4.69, 9.17) is 0 Å². The van der Waals surface area contributed by atoms with Crippen molar-refractivity contribution < 1.29 is 9.59 Å². The van der Waals surface area contributed by atoms with Crippen molar-refractivity contribution in [3.8, 4) is 0 Å². The van der Waals surface area contributed by atoms with Gasteiger partial charge in [-0.05, 0) is 30.4 Å². The van der Waals surface area contributed by atoms with Crippen molar-refractivity contribution in [2.75, 3.05) is 13.1 Å². The van der Waals surface area contributed by atoms with Crippen molar-refractivity contribution in [2.24, 2.45) is 0 Å². The van der Waals surface area contributed by atoms with Crippen molar-refractivity contribution >= 4 is 23.0 Å². The summed E-state index contributed by atoms with van der Waals surface area (Å²) in [7, 11) is 0. The van der Waals surface area contributed by atoms with Crippen LogP contribution in [0.2, 0.25) is 0 Å². The molecule has 24 heavy (non-hydrogen) atoms. The van der Waals surface area contributed by atoms with Crippen molar-refractivity contribution in [3.63, 3.8) is 0 Å². The maximum Gasteiger partial charge on any atom is 0.255 e. The predicted octanol–water partition coefficient (Wildman–Crippen LogP) is 4.07. The second-order valence-corrected chi connectivity index (χ2v) is 8.02. The van der Waals surface area contributed by atoms with Gasteiger partial charge in [0.1, 0.15) is 0 Å². The molecule has 1 aromatic heterocycles. The normalized spacial score (nSPS) is 23.4. The highest BCUT2D eigenvalue weighted by Crippen LogP contribution is 2.36. The average Bonchev–Trinajstić information content (AvgIpc) is 3.21. The van der Waals surface area contributed by atoms with Gasteiger partial charge in [-0.3, -0.25) is 9.59 Å². The highest BCUT2D eigenvalue weighted by atomic mass is 32.1. The van der Waals surface area contributed by atoms with Gasteiger partial charge in [0.15, 0.2) is 5.78 Å². The highest BCUT2D eigenvalue weighted by Gasteiger charge is 2.38. The number of benzene rings is 1. The van der Waals surface area contributed by atoms with Gasteiger partial charge in [0.05, 0.1) is 10.4 Å². The second kappa shape index (κ2) is 5.85. The molecule has 0 radical (unpaired) electrons. The Morgan fingerprint density at radius 2 is 2.00 bits per heavy atom. The van der Waals surface area contributed by atoms with E-state index in [0.717, 1.165) is 48.4 Å². The summed E-state index contributed by atoms with van der Waals surface area (Å²) >= 11 is 1.45. The molecule has 2 aromatic rings. The number of amides is 1. The van der Waals surface area contributed by atoms with Crippen LogP contribution in [0.25, 0.3) is 0 Å². The summed E-state index contributed by atoms with van der Waals surface area (Å²) in [6.45, 7) is 3.76. The molecular formula is C20H21NO2S. The first-order valence-corrected chi connectivity index (χ1v) is 9.45. The monoisotopic (exact) mass is 339 g/mol. The van der Waals surface area contributed by atoms with Crippen LogP contribution < -0.4 is 0 Å². The van der Waals surface area contributed by atoms with Crippen LogP contribution in [0.4, 0.5) is 0 Å². The minimum atomic E-state index is 0.0167. The third kappa shape index (κ3) is 2.49. The lowest BCUT2D eigenvalue weighted by atomic mass is 9.82. The lowest BCUT2D eigenvalue weighted by molar-refractivity contribution is 0.0784. The minimum Gasteiger partial charge on any atom is -0.338 e. The molecule has 1 fully saturated rings. The number of hydrogen-bond acceptors (Lipinski definition) is 3. The number of thiophene rings is 1. The number of likely N-dealkylation sites (tertiary alicyclic amines) is 1. The summed E-state index contributed by atoms with van der Waals surface area (Å²) in [5.41, 5.74) is 3.07. The standard InChI is InChI=1S/C20H21NO2S/c1-20(14-6-3-2-4-7-14)10-11-21(13-20)19(23)16-12-24-18-15(16)8-5-9-17(18)22/h2-4,6-7,12H,5,8-11,13H2,1H3. The quantitative estimate of drug-likeness (QED) is 0.827. The maximum atomic E-state index is 13.0. The van der Waals surface area contributed by atoms with Gasteiger partial charge in [-0.25, -0.2) is 0 Å². The Balaban J connectivity index is 1.58. The number of carbonyl (C=O) groups is 2. The molecule has 0 N–H and O–H groups in total. The topological polar surface area (TPSA) is 37.4 Å². The summed E-state index contributed by atoms with van der Waals surface area (Å²) in [6.07, 6.45) is 3.32. The summed E-state index contributed by atoms with van der Waals surface area (Å²) < 4.78 is 0. The van der Waals surface area contributed by atoms with E-state index in [-0.39, 0.29) is 17.1 Å². The Bertz CT molecular complexity index is 795. The van der Waals surface area contributed by atoms with Crippen LogP contribution in [0, 0.1) is 0 Å². The Morgan fingerprint density at radius 3 is 2.79 bits per heavy atom. The SMILES string of the molecule is CC1(c2ccccc2)CCN(C(=O)c2csc3c2CCCC3=O)C1. The molecule has 0 spiro atoms. The number of carbonyl (C=O) groups excluding carboxylic acids is 2. The molecular weight excluding hydrogens is 318 g/mol. The van der Waals surface area contributed by atoms with Crippen LogP contribution in [0.3, 0.4) is 0 Å². The van der Waals surface area contributed by atoms with Gasteiger partial charge >= 0.3 is 0 Å². The Morgan fingerprint density at radius 1 is 1.21 bits per heavy atom. The molecule has 4 heteroatoms. The van der Waals surface area contributed by atoms with Gasteiger partial charge in [-0.2, -0.15) is 0 Å². The summed E-state index contributed by atoms with van der Waals surface area (Å²) in [4.78, 5) is 27.8. The molecule has 1 aromatic carbocycles. The van der Waals surface area contributed by atoms with E-state index in [1.807, 2.05) is 16.3 Å². The van der Waals surface area contributed by atoms with E-state index in [2.05, 4.69) is 31.2 Å². The molecule has 0 bridgehead atoms. The molecule has 2 aliphatic rings. The smallest absolute Gasteiger partial charge is 0.255 e. The van der Waals surface area contributed by atoms with E-state index in [1.165, 1.54) is 16.9 Å². The van der Waals surface area contributed by atoms with E-state index >= 15 is 0 Å². The van der Waals surface area contributed by atoms with Gasteiger partial charge in [-0.15, -0.1) is 11.3 Å². The maximum absolute atomic E-state index is 13.0. The van der Waals surface area contributed by atoms with Crippen LogP contribution >= 0.6 is 11.3 Å². The predicted molar refractivity (Wildman–Crippen MR) is 95.9 cm³/mol. The van der Waals surface area contributed by atoms with Crippen LogP contribution in [0.1, 0.15) is 57.3 Å². The number of nitrogens with zero attached hydrogens (tertiary/aromatic N) is 1. The number of Topliss-reactive ketones (excluding diaryl/α,β-unsaturated/α-hetero) is 1. The van der Waals surface area contributed by atoms with Crippen LogP contribution in [-0.4, -0.2) is 29.7 Å². The van der Waals surface area contributed by atoms with Gasteiger partial charge in [0.25, 0.3) is 5.91 Å². The fourth-order valence-electron chi connectivity index (χ4n) is 3.96. The van der Waals surface area contributed by atoms with Gasteiger partial charge in [-0.1, -0.05) is 37.3 Å². The Labute approximate surface area is 146 Å². The molecule has 1 saturated heterocycles. The first kappa shape index (κ1) is 15.6.